The van der Waals surface area contributed by atoms with Crippen LogP contribution in [0.25, 0.3) is 0 Å². The number of ether oxygens (including phenoxy) is 1. The van der Waals surface area contributed by atoms with Gasteiger partial charge in [0, 0.05) is 18.2 Å². The van der Waals surface area contributed by atoms with E-state index in [1.54, 1.807) is 7.11 Å². The van der Waals surface area contributed by atoms with Crippen molar-refractivity contribution in [3.63, 3.8) is 0 Å². The predicted octanol–water partition coefficient (Wildman–Crippen LogP) is 4.03. The number of halogens is 1. The summed E-state index contributed by atoms with van der Waals surface area (Å²) in [6.07, 6.45) is 4.83. The zero-order valence-electron chi connectivity index (χ0n) is 12.1. The summed E-state index contributed by atoms with van der Waals surface area (Å²) >= 11 is 3.55. The van der Waals surface area contributed by atoms with Gasteiger partial charge in [0.25, 0.3) is 0 Å². The normalized spacial score (nSPS) is 12.6. The van der Waals surface area contributed by atoms with Crippen LogP contribution in [-0.2, 0) is 11.2 Å². The van der Waals surface area contributed by atoms with E-state index in [0.29, 0.717) is 5.92 Å². The maximum absolute atomic E-state index is 5.12. The fourth-order valence-electron chi connectivity index (χ4n) is 2.30. The highest BCUT2D eigenvalue weighted by Gasteiger charge is 2.09. The smallest absolute Gasteiger partial charge is 0.0462 e. The molecule has 1 N–H and O–H groups in total. The average molecular weight is 328 g/mol. The summed E-state index contributed by atoms with van der Waals surface area (Å²) in [5, 5.41) is 3.48. The van der Waals surface area contributed by atoms with Gasteiger partial charge in [-0.25, -0.2) is 0 Å². The maximum atomic E-state index is 5.12. The summed E-state index contributed by atoms with van der Waals surface area (Å²) in [6, 6.07) is 8.66. The number of rotatable bonds is 10. The van der Waals surface area contributed by atoms with E-state index in [4.69, 9.17) is 4.74 Å². The van der Waals surface area contributed by atoms with Gasteiger partial charge in [0.2, 0.25) is 0 Å². The molecule has 0 aromatic heterocycles. The van der Waals surface area contributed by atoms with Crippen molar-refractivity contribution in [3.8, 4) is 0 Å². The Balaban J connectivity index is 2.43. The summed E-state index contributed by atoms with van der Waals surface area (Å²) < 4.78 is 6.29. The van der Waals surface area contributed by atoms with Gasteiger partial charge in [-0.1, -0.05) is 41.4 Å². The lowest BCUT2D eigenvalue weighted by Crippen LogP contribution is -2.24. The van der Waals surface area contributed by atoms with Crippen LogP contribution in [-0.4, -0.2) is 26.8 Å². The van der Waals surface area contributed by atoms with E-state index >= 15 is 0 Å². The first-order valence-electron chi connectivity index (χ1n) is 7.20. The molecular weight excluding hydrogens is 302 g/mol. The highest BCUT2D eigenvalue weighted by atomic mass is 79.9. The van der Waals surface area contributed by atoms with E-state index in [0.717, 1.165) is 32.5 Å². The van der Waals surface area contributed by atoms with Gasteiger partial charge in [0.1, 0.15) is 0 Å². The second-order valence-corrected chi connectivity index (χ2v) is 5.91. The van der Waals surface area contributed by atoms with Crippen molar-refractivity contribution in [2.24, 2.45) is 5.92 Å². The average Bonchev–Trinajstić information content (AvgIpc) is 2.40. The highest BCUT2D eigenvalue weighted by molar-refractivity contribution is 9.10. The Morgan fingerprint density at radius 3 is 2.84 bits per heavy atom. The molecule has 0 fully saturated rings. The van der Waals surface area contributed by atoms with Crippen molar-refractivity contribution in [2.75, 3.05) is 26.8 Å². The molecule has 0 bridgehead atoms. The van der Waals surface area contributed by atoms with E-state index in [-0.39, 0.29) is 0 Å². The Bertz CT molecular complexity index is 343. The molecule has 1 unspecified atom stereocenters. The molecule has 1 aromatic carbocycles. The molecule has 0 aliphatic carbocycles. The summed E-state index contributed by atoms with van der Waals surface area (Å²) in [5.41, 5.74) is 1.42. The standard InChI is InChI=1S/C16H26BrNO/c1-3-18-13-15(7-4-5-10-19-2)11-14-8-6-9-16(17)12-14/h6,8-9,12,15,18H,3-5,7,10-11,13H2,1-2H3. The molecule has 3 heteroatoms. The summed E-state index contributed by atoms with van der Waals surface area (Å²) in [4.78, 5) is 0. The van der Waals surface area contributed by atoms with E-state index in [2.05, 4.69) is 52.4 Å². The minimum absolute atomic E-state index is 0.714. The second kappa shape index (κ2) is 10.4. The molecule has 1 atom stereocenters. The van der Waals surface area contributed by atoms with Gasteiger partial charge in [-0.05, 0) is 56.0 Å². The summed E-state index contributed by atoms with van der Waals surface area (Å²) in [6.45, 7) is 5.20. The molecule has 0 saturated heterocycles. The van der Waals surface area contributed by atoms with Gasteiger partial charge in [-0.15, -0.1) is 0 Å². The van der Waals surface area contributed by atoms with Gasteiger partial charge in [0.05, 0.1) is 0 Å². The van der Waals surface area contributed by atoms with Gasteiger partial charge in [0.15, 0.2) is 0 Å². The van der Waals surface area contributed by atoms with Gasteiger partial charge in [-0.2, -0.15) is 0 Å². The minimum Gasteiger partial charge on any atom is -0.385 e. The predicted molar refractivity (Wildman–Crippen MR) is 85.6 cm³/mol. The Kier molecular flexibility index (Phi) is 9.14. The Hall–Kier alpha value is -0.380. The van der Waals surface area contributed by atoms with Gasteiger partial charge >= 0.3 is 0 Å². The molecule has 1 aromatic rings. The third kappa shape index (κ3) is 7.71. The van der Waals surface area contributed by atoms with Crippen molar-refractivity contribution >= 4 is 15.9 Å². The maximum Gasteiger partial charge on any atom is 0.0462 e. The van der Waals surface area contributed by atoms with Crippen LogP contribution >= 0.6 is 15.9 Å². The molecule has 108 valence electrons. The fourth-order valence-corrected chi connectivity index (χ4v) is 2.75. The second-order valence-electron chi connectivity index (χ2n) is 5.00. The van der Waals surface area contributed by atoms with Crippen LogP contribution in [0.1, 0.15) is 31.7 Å². The number of benzene rings is 1. The molecule has 2 nitrogen and oxygen atoms in total. The van der Waals surface area contributed by atoms with Crippen molar-refractivity contribution in [3.05, 3.63) is 34.3 Å². The van der Waals surface area contributed by atoms with Crippen LogP contribution in [0.15, 0.2) is 28.7 Å². The number of hydrogen-bond acceptors (Lipinski definition) is 2. The summed E-state index contributed by atoms with van der Waals surface area (Å²) in [7, 11) is 1.78. The first kappa shape index (κ1) is 16.7. The molecule has 0 spiro atoms. The molecule has 19 heavy (non-hydrogen) atoms. The molecule has 0 aliphatic rings. The Morgan fingerprint density at radius 2 is 2.16 bits per heavy atom. The van der Waals surface area contributed by atoms with Crippen molar-refractivity contribution in [1.29, 1.82) is 0 Å². The first-order chi connectivity index (χ1) is 9.26. The quantitative estimate of drug-likeness (QED) is 0.655. The van der Waals surface area contributed by atoms with Crippen molar-refractivity contribution in [2.45, 2.75) is 32.6 Å². The third-order valence-electron chi connectivity index (χ3n) is 3.31. The molecule has 0 radical (unpaired) electrons. The van der Waals surface area contributed by atoms with Gasteiger partial charge in [-0.3, -0.25) is 0 Å². The molecule has 1 rings (SSSR count). The highest BCUT2D eigenvalue weighted by Crippen LogP contribution is 2.18. The molecule has 0 aliphatic heterocycles. The molecule has 0 saturated carbocycles. The van der Waals surface area contributed by atoms with E-state index < -0.39 is 0 Å². The lowest BCUT2D eigenvalue weighted by atomic mass is 9.94. The van der Waals surface area contributed by atoms with Crippen LogP contribution in [0.5, 0.6) is 0 Å². The topological polar surface area (TPSA) is 21.3 Å². The zero-order valence-corrected chi connectivity index (χ0v) is 13.7. The van der Waals surface area contributed by atoms with Crippen LogP contribution < -0.4 is 5.32 Å². The van der Waals surface area contributed by atoms with Gasteiger partial charge < -0.3 is 10.1 Å². The van der Waals surface area contributed by atoms with Crippen LogP contribution in [0, 0.1) is 5.92 Å². The first-order valence-corrected chi connectivity index (χ1v) is 7.99. The van der Waals surface area contributed by atoms with Crippen LogP contribution in [0.2, 0.25) is 0 Å². The van der Waals surface area contributed by atoms with Crippen molar-refractivity contribution in [1.82, 2.24) is 5.32 Å². The lowest BCUT2D eigenvalue weighted by molar-refractivity contribution is 0.190. The van der Waals surface area contributed by atoms with Crippen LogP contribution in [0.3, 0.4) is 0 Å². The number of unbranched alkanes of at least 4 members (excludes halogenated alkanes) is 1. The molecule has 0 amide bonds. The largest absolute Gasteiger partial charge is 0.385 e. The van der Waals surface area contributed by atoms with E-state index in [1.807, 2.05) is 0 Å². The number of hydrogen-bond donors (Lipinski definition) is 1. The number of nitrogens with one attached hydrogen (secondary N) is 1. The Morgan fingerprint density at radius 1 is 1.32 bits per heavy atom. The molecule has 0 heterocycles. The number of methoxy groups -OCH3 is 1. The van der Waals surface area contributed by atoms with E-state index in [1.165, 1.54) is 22.9 Å². The lowest BCUT2D eigenvalue weighted by Gasteiger charge is -2.17. The fraction of sp³-hybridized carbons (Fsp3) is 0.625. The Labute approximate surface area is 126 Å². The SMILES string of the molecule is CCNCC(CCCCOC)Cc1cccc(Br)c1. The minimum atomic E-state index is 0.714. The zero-order chi connectivity index (χ0) is 13.9. The third-order valence-corrected chi connectivity index (χ3v) is 3.80. The van der Waals surface area contributed by atoms with Crippen LogP contribution in [0.4, 0.5) is 0 Å². The van der Waals surface area contributed by atoms with Crippen molar-refractivity contribution < 1.29 is 4.74 Å². The monoisotopic (exact) mass is 327 g/mol. The summed E-state index contributed by atoms with van der Waals surface area (Å²) in [5.74, 6) is 0.714. The molecular formula is C16H26BrNO. The van der Waals surface area contributed by atoms with E-state index in [9.17, 15) is 0 Å².